The highest BCUT2D eigenvalue weighted by Crippen LogP contribution is 2.20. The molecule has 0 radical (unpaired) electrons. The van der Waals surface area contributed by atoms with E-state index >= 15 is 0 Å². The molecule has 1 fully saturated rings. The number of pyridine rings is 1. The number of aromatic nitrogens is 1. The lowest BCUT2D eigenvalue weighted by atomic mass is 9.98. The van der Waals surface area contributed by atoms with Gasteiger partial charge >= 0.3 is 5.97 Å². The summed E-state index contributed by atoms with van der Waals surface area (Å²) >= 11 is 0. The van der Waals surface area contributed by atoms with E-state index in [-0.39, 0.29) is 30.7 Å². The molecule has 1 saturated heterocycles. The predicted molar refractivity (Wildman–Crippen MR) is 86.8 cm³/mol. The number of nitrogens with zero attached hydrogens (tertiary/aromatic N) is 2. The Morgan fingerprint density at radius 1 is 1.46 bits per heavy atom. The van der Waals surface area contributed by atoms with E-state index in [1.807, 2.05) is 19.1 Å². The Hall–Kier alpha value is -2.44. The van der Waals surface area contributed by atoms with E-state index in [9.17, 15) is 19.5 Å². The van der Waals surface area contributed by atoms with Crippen LogP contribution in [0.3, 0.4) is 0 Å². The Morgan fingerprint density at radius 2 is 2.21 bits per heavy atom. The zero-order valence-electron chi connectivity index (χ0n) is 13.9. The van der Waals surface area contributed by atoms with E-state index in [2.05, 4.69) is 10.3 Å². The second-order valence-corrected chi connectivity index (χ2v) is 6.21. The molecule has 2 heterocycles. The van der Waals surface area contributed by atoms with Gasteiger partial charge in [-0.05, 0) is 18.1 Å². The van der Waals surface area contributed by atoms with Crippen LogP contribution in [-0.2, 0) is 20.9 Å². The predicted octanol–water partition coefficient (Wildman–Crippen LogP) is 1.05. The number of nitrogens with one attached hydrogen (secondary N) is 1. The van der Waals surface area contributed by atoms with Gasteiger partial charge < -0.3 is 15.3 Å². The Balaban J connectivity index is 1.96. The lowest BCUT2D eigenvalue weighted by molar-refractivity contribution is -0.143. The van der Waals surface area contributed by atoms with Gasteiger partial charge in [0, 0.05) is 19.2 Å². The summed E-state index contributed by atoms with van der Waals surface area (Å²) in [4.78, 5) is 41.5. The van der Waals surface area contributed by atoms with Crippen molar-refractivity contribution in [2.24, 2.45) is 11.8 Å². The SMILES string of the molecule is CC[C@H](C)[C@@H](NC(=O)[C@H]1CC(=O)N(Cc2ccccn2)C1)C(=O)O. The summed E-state index contributed by atoms with van der Waals surface area (Å²) in [5.74, 6) is -2.23. The monoisotopic (exact) mass is 333 g/mol. The molecule has 24 heavy (non-hydrogen) atoms. The van der Waals surface area contributed by atoms with Crippen LogP contribution in [0.25, 0.3) is 0 Å². The summed E-state index contributed by atoms with van der Waals surface area (Å²) in [6, 6.07) is 4.54. The fourth-order valence-corrected chi connectivity index (χ4v) is 2.74. The molecule has 2 amide bonds. The molecule has 1 aliphatic rings. The number of carboxylic acid groups (broad SMARTS) is 1. The number of carbonyl (C=O) groups is 3. The Morgan fingerprint density at radius 3 is 2.79 bits per heavy atom. The normalized spacial score (nSPS) is 19.8. The maximum Gasteiger partial charge on any atom is 0.326 e. The number of carbonyl (C=O) groups excluding carboxylic acids is 2. The van der Waals surface area contributed by atoms with E-state index in [4.69, 9.17) is 0 Å². The van der Waals surface area contributed by atoms with Crippen LogP contribution >= 0.6 is 0 Å². The molecule has 3 atom stereocenters. The zero-order chi connectivity index (χ0) is 17.7. The number of hydrogen-bond donors (Lipinski definition) is 2. The van der Waals surface area contributed by atoms with E-state index in [0.717, 1.165) is 5.69 Å². The number of aliphatic carboxylic acids is 1. The smallest absolute Gasteiger partial charge is 0.326 e. The zero-order valence-corrected chi connectivity index (χ0v) is 13.9. The molecular weight excluding hydrogens is 310 g/mol. The van der Waals surface area contributed by atoms with Crippen LogP contribution in [-0.4, -0.2) is 45.4 Å². The fourth-order valence-electron chi connectivity index (χ4n) is 2.74. The molecule has 0 saturated carbocycles. The maximum absolute atomic E-state index is 12.4. The minimum absolute atomic E-state index is 0.103. The number of rotatable bonds is 7. The molecule has 0 aliphatic carbocycles. The number of likely N-dealkylation sites (tertiary alicyclic amines) is 1. The van der Waals surface area contributed by atoms with Crippen LogP contribution in [0.2, 0.25) is 0 Å². The number of carboxylic acids is 1. The van der Waals surface area contributed by atoms with Gasteiger partial charge in [0.25, 0.3) is 0 Å². The average molecular weight is 333 g/mol. The van der Waals surface area contributed by atoms with Gasteiger partial charge in [-0.3, -0.25) is 14.6 Å². The van der Waals surface area contributed by atoms with Gasteiger partial charge in [0.05, 0.1) is 18.2 Å². The summed E-state index contributed by atoms with van der Waals surface area (Å²) in [7, 11) is 0. The van der Waals surface area contributed by atoms with Crippen molar-refractivity contribution in [1.82, 2.24) is 15.2 Å². The summed E-state index contributed by atoms with van der Waals surface area (Å²) in [6.07, 6.45) is 2.40. The van der Waals surface area contributed by atoms with Gasteiger partial charge in [0.1, 0.15) is 6.04 Å². The first-order chi connectivity index (χ1) is 11.4. The first-order valence-electron chi connectivity index (χ1n) is 8.13. The average Bonchev–Trinajstić information content (AvgIpc) is 2.93. The van der Waals surface area contributed by atoms with Crippen LogP contribution in [0.15, 0.2) is 24.4 Å². The van der Waals surface area contributed by atoms with E-state index in [1.54, 1.807) is 24.1 Å². The van der Waals surface area contributed by atoms with E-state index in [0.29, 0.717) is 13.0 Å². The van der Waals surface area contributed by atoms with Crippen molar-refractivity contribution in [3.63, 3.8) is 0 Å². The molecule has 2 rings (SSSR count). The second kappa shape index (κ2) is 7.90. The molecule has 0 aromatic carbocycles. The number of hydrogen-bond acceptors (Lipinski definition) is 4. The highest BCUT2D eigenvalue weighted by atomic mass is 16.4. The van der Waals surface area contributed by atoms with Crippen LogP contribution in [0.5, 0.6) is 0 Å². The summed E-state index contributed by atoms with van der Waals surface area (Å²) in [5, 5.41) is 11.8. The third-order valence-electron chi connectivity index (χ3n) is 4.44. The fraction of sp³-hybridized carbons (Fsp3) is 0.529. The van der Waals surface area contributed by atoms with Crippen LogP contribution in [0.1, 0.15) is 32.4 Å². The van der Waals surface area contributed by atoms with Gasteiger partial charge in [-0.15, -0.1) is 0 Å². The first kappa shape index (κ1) is 17.9. The summed E-state index contributed by atoms with van der Waals surface area (Å²) in [6.45, 7) is 4.30. The molecule has 130 valence electrons. The Bertz CT molecular complexity index is 605. The highest BCUT2D eigenvalue weighted by Gasteiger charge is 2.36. The van der Waals surface area contributed by atoms with E-state index < -0.39 is 17.9 Å². The molecule has 1 aromatic rings. The second-order valence-electron chi connectivity index (χ2n) is 6.21. The molecule has 2 N–H and O–H groups in total. The lowest BCUT2D eigenvalue weighted by Crippen LogP contribution is -2.47. The third-order valence-corrected chi connectivity index (χ3v) is 4.44. The van der Waals surface area contributed by atoms with Crippen molar-refractivity contribution < 1.29 is 19.5 Å². The van der Waals surface area contributed by atoms with Crippen molar-refractivity contribution in [3.8, 4) is 0 Å². The van der Waals surface area contributed by atoms with Crippen molar-refractivity contribution in [2.75, 3.05) is 6.54 Å². The highest BCUT2D eigenvalue weighted by molar-refractivity contribution is 5.91. The molecule has 0 unspecified atom stereocenters. The van der Waals surface area contributed by atoms with Crippen LogP contribution < -0.4 is 5.32 Å². The minimum Gasteiger partial charge on any atom is -0.480 e. The largest absolute Gasteiger partial charge is 0.480 e. The van der Waals surface area contributed by atoms with Gasteiger partial charge in [-0.1, -0.05) is 26.3 Å². The van der Waals surface area contributed by atoms with Crippen LogP contribution in [0, 0.1) is 11.8 Å². The maximum atomic E-state index is 12.4. The van der Waals surface area contributed by atoms with Crippen molar-refractivity contribution in [2.45, 2.75) is 39.3 Å². The standard InChI is InChI=1S/C17H23N3O4/c1-3-11(2)15(17(23)24)19-16(22)12-8-14(21)20(9-12)10-13-6-4-5-7-18-13/h4-7,11-12,15H,3,8-10H2,1-2H3,(H,19,22)(H,23,24)/t11-,12-,15+/m0/s1. The molecule has 1 aliphatic heterocycles. The molecule has 0 spiro atoms. The molecule has 7 heteroatoms. The quantitative estimate of drug-likeness (QED) is 0.777. The van der Waals surface area contributed by atoms with Gasteiger partial charge in [0.15, 0.2) is 0 Å². The lowest BCUT2D eigenvalue weighted by Gasteiger charge is -2.22. The van der Waals surface area contributed by atoms with Gasteiger partial charge in [-0.25, -0.2) is 4.79 Å². The van der Waals surface area contributed by atoms with Crippen molar-refractivity contribution >= 4 is 17.8 Å². The van der Waals surface area contributed by atoms with Crippen molar-refractivity contribution in [1.29, 1.82) is 0 Å². The van der Waals surface area contributed by atoms with E-state index in [1.165, 1.54) is 0 Å². The molecule has 1 aromatic heterocycles. The number of amides is 2. The summed E-state index contributed by atoms with van der Waals surface area (Å²) < 4.78 is 0. The minimum atomic E-state index is -1.05. The topological polar surface area (TPSA) is 99.6 Å². The third kappa shape index (κ3) is 4.31. The Kier molecular flexibility index (Phi) is 5.89. The molecule has 7 nitrogen and oxygen atoms in total. The summed E-state index contributed by atoms with van der Waals surface area (Å²) in [5.41, 5.74) is 0.759. The van der Waals surface area contributed by atoms with Crippen LogP contribution in [0.4, 0.5) is 0 Å². The van der Waals surface area contributed by atoms with Gasteiger partial charge in [0.2, 0.25) is 11.8 Å². The molecular formula is C17H23N3O4. The Labute approximate surface area is 141 Å². The van der Waals surface area contributed by atoms with Gasteiger partial charge in [-0.2, -0.15) is 0 Å². The first-order valence-corrected chi connectivity index (χ1v) is 8.13. The molecule has 0 bridgehead atoms. The van der Waals surface area contributed by atoms with Crippen molar-refractivity contribution in [3.05, 3.63) is 30.1 Å².